The second-order valence-corrected chi connectivity index (χ2v) is 10.6. The summed E-state index contributed by atoms with van der Waals surface area (Å²) >= 11 is 0. The van der Waals surface area contributed by atoms with Gasteiger partial charge in [-0.2, -0.15) is 5.10 Å². The summed E-state index contributed by atoms with van der Waals surface area (Å²) in [6.45, 7) is 6.99. The van der Waals surface area contributed by atoms with E-state index in [1.165, 1.54) is 4.90 Å². The van der Waals surface area contributed by atoms with Crippen molar-refractivity contribution < 1.29 is 19.2 Å². The maximum absolute atomic E-state index is 13.0. The standard InChI is InChI=1S/C25H29N5O4/c1-25(2,3)14-4-6-17-18(11-14)28-29-21(17)23(33)26-15-5-7-16-13(10-15)12-30(24(16)34)19-8-9-20(31)27-22(19)32/h5,7,10,14,19H,4,6,8-9,11-12H2,1-3H3,(H,26,33)(H,28,29)(H,27,31,32). The molecular formula is C25H29N5O4. The molecule has 2 unspecified atom stereocenters. The molecule has 2 aliphatic heterocycles. The molecule has 0 spiro atoms. The third kappa shape index (κ3) is 3.89. The summed E-state index contributed by atoms with van der Waals surface area (Å²) in [6.07, 6.45) is 3.25. The molecule has 9 heteroatoms. The number of nitrogens with one attached hydrogen (secondary N) is 3. The molecule has 0 bridgehead atoms. The van der Waals surface area contributed by atoms with Crippen LogP contribution in [0.4, 0.5) is 5.69 Å². The first-order valence-corrected chi connectivity index (χ1v) is 11.8. The highest BCUT2D eigenvalue weighted by atomic mass is 16.2. The van der Waals surface area contributed by atoms with Gasteiger partial charge in [-0.05, 0) is 60.8 Å². The minimum Gasteiger partial charge on any atom is -0.322 e. The topological polar surface area (TPSA) is 124 Å². The molecule has 1 fully saturated rings. The van der Waals surface area contributed by atoms with Crippen LogP contribution >= 0.6 is 0 Å². The van der Waals surface area contributed by atoms with E-state index in [1.54, 1.807) is 18.2 Å². The Morgan fingerprint density at radius 3 is 2.68 bits per heavy atom. The number of aromatic nitrogens is 2. The highest BCUT2D eigenvalue weighted by Gasteiger charge is 2.39. The molecule has 3 heterocycles. The number of anilines is 1. The summed E-state index contributed by atoms with van der Waals surface area (Å²) < 4.78 is 0. The number of nitrogens with zero attached hydrogens (tertiary/aromatic N) is 2. The van der Waals surface area contributed by atoms with Crippen molar-refractivity contribution >= 4 is 29.3 Å². The average molecular weight is 464 g/mol. The van der Waals surface area contributed by atoms with E-state index in [1.807, 2.05) is 0 Å². The molecule has 1 aliphatic carbocycles. The highest BCUT2D eigenvalue weighted by Crippen LogP contribution is 2.37. The molecule has 3 N–H and O–H groups in total. The summed E-state index contributed by atoms with van der Waals surface area (Å²) in [4.78, 5) is 51.1. The molecular weight excluding hydrogens is 434 g/mol. The van der Waals surface area contributed by atoms with Gasteiger partial charge in [0.25, 0.3) is 11.8 Å². The number of aromatic amines is 1. The minimum absolute atomic E-state index is 0.203. The lowest BCUT2D eigenvalue weighted by molar-refractivity contribution is -0.136. The number of rotatable bonds is 3. The van der Waals surface area contributed by atoms with Crippen molar-refractivity contribution in [2.24, 2.45) is 11.3 Å². The molecule has 9 nitrogen and oxygen atoms in total. The molecule has 1 aromatic carbocycles. The normalized spacial score (nSPS) is 22.3. The van der Waals surface area contributed by atoms with Crippen molar-refractivity contribution in [3.63, 3.8) is 0 Å². The van der Waals surface area contributed by atoms with Crippen LogP contribution in [-0.4, -0.2) is 44.8 Å². The van der Waals surface area contributed by atoms with Crippen molar-refractivity contribution in [2.75, 3.05) is 5.32 Å². The van der Waals surface area contributed by atoms with Crippen LogP contribution in [0.3, 0.4) is 0 Å². The summed E-state index contributed by atoms with van der Waals surface area (Å²) in [5.41, 5.74) is 4.46. The van der Waals surface area contributed by atoms with Gasteiger partial charge in [0, 0.05) is 35.5 Å². The van der Waals surface area contributed by atoms with Gasteiger partial charge in [-0.15, -0.1) is 0 Å². The van der Waals surface area contributed by atoms with Crippen LogP contribution in [-0.2, 0) is 29.0 Å². The Morgan fingerprint density at radius 1 is 1.15 bits per heavy atom. The van der Waals surface area contributed by atoms with E-state index in [9.17, 15) is 19.2 Å². The van der Waals surface area contributed by atoms with Gasteiger partial charge in [0.1, 0.15) is 6.04 Å². The zero-order valence-corrected chi connectivity index (χ0v) is 19.7. The van der Waals surface area contributed by atoms with Crippen LogP contribution in [0.2, 0.25) is 0 Å². The van der Waals surface area contributed by atoms with Crippen LogP contribution in [0.15, 0.2) is 18.2 Å². The maximum Gasteiger partial charge on any atom is 0.276 e. The van der Waals surface area contributed by atoms with Crippen molar-refractivity contribution in [3.8, 4) is 0 Å². The first kappa shape index (κ1) is 22.3. The molecule has 0 saturated carbocycles. The van der Waals surface area contributed by atoms with E-state index in [0.29, 0.717) is 29.3 Å². The van der Waals surface area contributed by atoms with E-state index in [2.05, 4.69) is 41.6 Å². The van der Waals surface area contributed by atoms with Crippen LogP contribution in [0.5, 0.6) is 0 Å². The van der Waals surface area contributed by atoms with Gasteiger partial charge >= 0.3 is 0 Å². The van der Waals surface area contributed by atoms with Gasteiger partial charge in [-0.1, -0.05) is 20.8 Å². The number of piperidine rings is 1. The van der Waals surface area contributed by atoms with E-state index < -0.39 is 11.9 Å². The van der Waals surface area contributed by atoms with Crippen LogP contribution in [0, 0.1) is 11.3 Å². The highest BCUT2D eigenvalue weighted by molar-refractivity contribution is 6.07. The van der Waals surface area contributed by atoms with E-state index in [0.717, 1.165) is 36.1 Å². The molecule has 178 valence electrons. The number of carbonyl (C=O) groups excluding carboxylic acids is 4. The summed E-state index contributed by atoms with van der Waals surface area (Å²) in [5.74, 6) is -0.735. The second kappa shape index (κ2) is 8.07. The number of fused-ring (bicyclic) bond motifs is 2. The van der Waals surface area contributed by atoms with Crippen LogP contribution in [0.1, 0.15) is 77.7 Å². The van der Waals surface area contributed by atoms with E-state index >= 15 is 0 Å². The average Bonchev–Trinajstić information content (AvgIpc) is 3.34. The van der Waals surface area contributed by atoms with Crippen LogP contribution in [0.25, 0.3) is 0 Å². The number of hydrogen-bond acceptors (Lipinski definition) is 5. The van der Waals surface area contributed by atoms with Crippen molar-refractivity contribution in [1.82, 2.24) is 20.4 Å². The van der Waals surface area contributed by atoms with E-state index in [4.69, 9.17) is 0 Å². The molecule has 0 radical (unpaired) electrons. The molecule has 2 aromatic rings. The fourth-order valence-electron chi connectivity index (χ4n) is 5.28. The summed E-state index contributed by atoms with van der Waals surface area (Å²) in [5, 5.41) is 12.6. The molecule has 1 saturated heterocycles. The van der Waals surface area contributed by atoms with Gasteiger partial charge in [0.05, 0.1) is 0 Å². The number of carbonyl (C=O) groups is 4. The van der Waals surface area contributed by atoms with Gasteiger partial charge < -0.3 is 10.2 Å². The Labute approximate surface area is 197 Å². The Bertz CT molecular complexity index is 1210. The third-order valence-electron chi connectivity index (χ3n) is 7.37. The Kier molecular flexibility index (Phi) is 5.30. The third-order valence-corrected chi connectivity index (χ3v) is 7.37. The van der Waals surface area contributed by atoms with Crippen molar-refractivity contribution in [1.29, 1.82) is 0 Å². The van der Waals surface area contributed by atoms with Gasteiger partial charge in [-0.25, -0.2) is 0 Å². The molecule has 5 rings (SSSR count). The Hall–Kier alpha value is -3.49. The summed E-state index contributed by atoms with van der Waals surface area (Å²) in [7, 11) is 0. The zero-order chi connectivity index (χ0) is 24.2. The minimum atomic E-state index is -0.664. The number of H-pyrrole nitrogens is 1. The van der Waals surface area contributed by atoms with Gasteiger partial charge in [-0.3, -0.25) is 29.6 Å². The van der Waals surface area contributed by atoms with Crippen molar-refractivity contribution in [3.05, 3.63) is 46.3 Å². The quantitative estimate of drug-likeness (QED) is 0.604. The predicted octanol–water partition coefficient (Wildman–Crippen LogP) is 2.57. The lowest BCUT2D eigenvalue weighted by atomic mass is 9.72. The van der Waals surface area contributed by atoms with Gasteiger partial charge in [0.15, 0.2) is 5.69 Å². The lowest BCUT2D eigenvalue weighted by Gasteiger charge is -2.33. The first-order valence-electron chi connectivity index (χ1n) is 11.8. The first-order chi connectivity index (χ1) is 16.1. The number of benzene rings is 1. The Morgan fingerprint density at radius 2 is 1.94 bits per heavy atom. The monoisotopic (exact) mass is 463 g/mol. The molecule has 1 aromatic heterocycles. The SMILES string of the molecule is CC(C)(C)C1CCc2c(C(=O)Nc3ccc4c(c3)CN(C3CCC(=O)NC3=O)C4=O)n[nH]c2C1. The van der Waals surface area contributed by atoms with Gasteiger partial charge in [0.2, 0.25) is 11.8 Å². The molecule has 2 atom stereocenters. The number of hydrogen-bond donors (Lipinski definition) is 3. The van der Waals surface area contributed by atoms with Crippen LogP contribution < -0.4 is 10.6 Å². The maximum atomic E-state index is 13.0. The van der Waals surface area contributed by atoms with E-state index in [-0.39, 0.29) is 36.1 Å². The van der Waals surface area contributed by atoms with Crippen molar-refractivity contribution in [2.45, 2.75) is 65.5 Å². The number of amides is 4. The predicted molar refractivity (Wildman–Crippen MR) is 124 cm³/mol. The Balaban J connectivity index is 1.30. The summed E-state index contributed by atoms with van der Waals surface area (Å²) in [6, 6.07) is 4.47. The molecule has 4 amide bonds. The largest absolute Gasteiger partial charge is 0.322 e. The second-order valence-electron chi connectivity index (χ2n) is 10.6. The fraction of sp³-hybridized carbons (Fsp3) is 0.480. The number of imide groups is 1. The lowest BCUT2D eigenvalue weighted by Crippen LogP contribution is -2.52. The fourth-order valence-corrected chi connectivity index (χ4v) is 5.28. The smallest absolute Gasteiger partial charge is 0.276 e. The molecule has 3 aliphatic rings. The zero-order valence-electron chi connectivity index (χ0n) is 19.7. The molecule has 34 heavy (non-hydrogen) atoms.